The zero-order chi connectivity index (χ0) is 12.8. The minimum Gasteiger partial charge on any atom is -0.384 e. The van der Waals surface area contributed by atoms with Crippen molar-refractivity contribution in [3.8, 4) is 0 Å². The van der Waals surface area contributed by atoms with Gasteiger partial charge in [-0.3, -0.25) is 4.79 Å². The van der Waals surface area contributed by atoms with Crippen molar-refractivity contribution in [3.63, 3.8) is 0 Å². The number of amides is 1. The Morgan fingerprint density at radius 2 is 2.28 bits per heavy atom. The molecule has 2 rings (SSSR count). The van der Waals surface area contributed by atoms with E-state index in [0.717, 1.165) is 39.2 Å². The molecule has 1 heterocycles. The molecule has 1 aliphatic carbocycles. The highest BCUT2D eigenvalue weighted by molar-refractivity contribution is 5.76. The van der Waals surface area contributed by atoms with Crippen molar-refractivity contribution in [1.82, 2.24) is 5.32 Å². The summed E-state index contributed by atoms with van der Waals surface area (Å²) >= 11 is 0. The van der Waals surface area contributed by atoms with E-state index < -0.39 is 0 Å². The second-order valence-corrected chi connectivity index (χ2v) is 5.85. The van der Waals surface area contributed by atoms with Crippen LogP contribution in [0.25, 0.3) is 0 Å². The molecule has 1 saturated carbocycles. The zero-order valence-electron chi connectivity index (χ0n) is 11.4. The van der Waals surface area contributed by atoms with Gasteiger partial charge in [0.2, 0.25) is 5.91 Å². The van der Waals surface area contributed by atoms with E-state index in [0.29, 0.717) is 12.3 Å². The van der Waals surface area contributed by atoms with Crippen molar-refractivity contribution >= 4 is 5.91 Å². The number of nitrogens with one attached hydrogen (secondary N) is 1. The Bertz CT molecular complexity index is 270. The third-order valence-corrected chi connectivity index (χ3v) is 4.25. The maximum Gasteiger partial charge on any atom is 0.220 e. The van der Waals surface area contributed by atoms with Crippen LogP contribution in [0.1, 0.15) is 38.5 Å². The quantitative estimate of drug-likeness (QED) is 0.786. The fourth-order valence-corrected chi connectivity index (χ4v) is 2.94. The van der Waals surface area contributed by atoms with Gasteiger partial charge in [0.25, 0.3) is 0 Å². The predicted molar refractivity (Wildman–Crippen MR) is 69.3 cm³/mol. The molecule has 0 spiro atoms. The van der Waals surface area contributed by atoms with Crippen molar-refractivity contribution in [2.75, 3.05) is 33.5 Å². The normalized spacial score (nSPS) is 26.4. The van der Waals surface area contributed by atoms with Gasteiger partial charge in [-0.2, -0.15) is 0 Å². The summed E-state index contributed by atoms with van der Waals surface area (Å²) in [7, 11) is 1.74. The molecule has 4 heteroatoms. The summed E-state index contributed by atoms with van der Waals surface area (Å²) in [6, 6.07) is 0. The highest BCUT2D eigenvalue weighted by atomic mass is 16.5. The molecule has 4 nitrogen and oxygen atoms in total. The van der Waals surface area contributed by atoms with Crippen LogP contribution in [0.5, 0.6) is 0 Å². The van der Waals surface area contributed by atoms with E-state index in [1.807, 2.05) is 0 Å². The average Bonchev–Trinajstić information content (AvgIpc) is 2.34. The van der Waals surface area contributed by atoms with Crippen LogP contribution in [0.3, 0.4) is 0 Å². The van der Waals surface area contributed by atoms with Crippen LogP contribution >= 0.6 is 0 Å². The maximum atomic E-state index is 11.9. The topological polar surface area (TPSA) is 47.6 Å². The Morgan fingerprint density at radius 1 is 1.44 bits per heavy atom. The summed E-state index contributed by atoms with van der Waals surface area (Å²) < 4.78 is 10.7. The minimum absolute atomic E-state index is 0.174. The molecule has 104 valence electrons. The molecule has 1 N–H and O–H groups in total. The second-order valence-electron chi connectivity index (χ2n) is 5.85. The molecule has 1 amide bonds. The van der Waals surface area contributed by atoms with Crippen LogP contribution in [-0.4, -0.2) is 39.4 Å². The number of methoxy groups -OCH3 is 1. The van der Waals surface area contributed by atoms with Crippen molar-refractivity contribution in [2.24, 2.45) is 11.3 Å². The first-order valence-electron chi connectivity index (χ1n) is 7.07. The van der Waals surface area contributed by atoms with Gasteiger partial charge in [-0.05, 0) is 31.6 Å². The van der Waals surface area contributed by atoms with Crippen molar-refractivity contribution in [2.45, 2.75) is 38.5 Å². The highest BCUT2D eigenvalue weighted by Crippen LogP contribution is 2.40. The lowest BCUT2D eigenvalue weighted by Crippen LogP contribution is -2.45. The van der Waals surface area contributed by atoms with Gasteiger partial charge in [0, 0.05) is 38.7 Å². The van der Waals surface area contributed by atoms with E-state index in [9.17, 15) is 4.79 Å². The fraction of sp³-hybridized carbons (Fsp3) is 0.929. The van der Waals surface area contributed by atoms with Crippen molar-refractivity contribution < 1.29 is 14.3 Å². The Morgan fingerprint density at radius 3 is 2.83 bits per heavy atom. The van der Waals surface area contributed by atoms with Gasteiger partial charge in [-0.15, -0.1) is 0 Å². The molecule has 0 aromatic heterocycles. The summed E-state index contributed by atoms with van der Waals surface area (Å²) in [5.74, 6) is 0.589. The molecular formula is C14H25NO3. The van der Waals surface area contributed by atoms with Gasteiger partial charge >= 0.3 is 0 Å². The van der Waals surface area contributed by atoms with Crippen LogP contribution in [-0.2, 0) is 14.3 Å². The van der Waals surface area contributed by atoms with Crippen LogP contribution in [0.15, 0.2) is 0 Å². The molecule has 1 aliphatic heterocycles. The van der Waals surface area contributed by atoms with Gasteiger partial charge in [-0.1, -0.05) is 6.42 Å². The summed E-state index contributed by atoms with van der Waals surface area (Å²) in [6.07, 6.45) is 6.43. The number of hydrogen-bond acceptors (Lipinski definition) is 3. The first-order chi connectivity index (χ1) is 8.74. The van der Waals surface area contributed by atoms with Crippen molar-refractivity contribution in [3.05, 3.63) is 0 Å². The zero-order valence-corrected chi connectivity index (χ0v) is 11.4. The van der Waals surface area contributed by atoms with E-state index in [-0.39, 0.29) is 11.3 Å². The largest absolute Gasteiger partial charge is 0.384 e. The molecule has 0 radical (unpaired) electrons. The lowest BCUT2D eigenvalue weighted by atomic mass is 9.69. The third-order valence-electron chi connectivity index (χ3n) is 4.25. The Kier molecular flexibility index (Phi) is 5.01. The molecular weight excluding hydrogens is 230 g/mol. The predicted octanol–water partition coefficient (Wildman–Crippen LogP) is 1.74. The Hall–Kier alpha value is -0.610. The SMILES string of the molecule is COCC1(CNC(=O)CC2CCCOC2)CCC1. The maximum absolute atomic E-state index is 11.9. The first-order valence-corrected chi connectivity index (χ1v) is 7.07. The monoisotopic (exact) mass is 255 g/mol. The molecule has 0 aromatic rings. The van der Waals surface area contributed by atoms with Gasteiger partial charge in [-0.25, -0.2) is 0 Å². The molecule has 1 atom stereocenters. The average molecular weight is 255 g/mol. The van der Waals surface area contributed by atoms with E-state index in [4.69, 9.17) is 9.47 Å². The number of carbonyl (C=O) groups excluding carboxylic acids is 1. The molecule has 0 bridgehead atoms. The lowest BCUT2D eigenvalue weighted by molar-refractivity contribution is -0.124. The van der Waals surface area contributed by atoms with E-state index in [1.54, 1.807) is 7.11 Å². The van der Waals surface area contributed by atoms with Crippen LogP contribution in [0.2, 0.25) is 0 Å². The molecule has 2 fully saturated rings. The van der Waals surface area contributed by atoms with Gasteiger partial charge < -0.3 is 14.8 Å². The molecule has 0 aromatic carbocycles. The summed E-state index contributed by atoms with van der Waals surface area (Å²) in [5, 5.41) is 3.08. The summed E-state index contributed by atoms with van der Waals surface area (Å²) in [4.78, 5) is 11.9. The third kappa shape index (κ3) is 3.69. The van der Waals surface area contributed by atoms with Gasteiger partial charge in [0.15, 0.2) is 0 Å². The number of ether oxygens (including phenoxy) is 2. The van der Waals surface area contributed by atoms with Crippen LogP contribution in [0, 0.1) is 11.3 Å². The van der Waals surface area contributed by atoms with Gasteiger partial charge in [0.05, 0.1) is 6.61 Å². The Balaban J connectivity index is 1.67. The summed E-state index contributed by atoms with van der Waals surface area (Å²) in [6.45, 7) is 3.14. The number of hydrogen-bond donors (Lipinski definition) is 1. The molecule has 1 saturated heterocycles. The first kappa shape index (κ1) is 13.8. The smallest absolute Gasteiger partial charge is 0.220 e. The molecule has 2 aliphatic rings. The van der Waals surface area contributed by atoms with Crippen molar-refractivity contribution in [1.29, 1.82) is 0 Å². The van der Waals surface area contributed by atoms with Crippen LogP contribution in [0.4, 0.5) is 0 Å². The standard InChI is InChI=1S/C14H25NO3/c1-17-11-14(5-3-6-14)10-15-13(16)8-12-4-2-7-18-9-12/h12H,2-11H2,1H3,(H,15,16). The highest BCUT2D eigenvalue weighted by Gasteiger charge is 2.37. The van der Waals surface area contributed by atoms with Gasteiger partial charge in [0.1, 0.15) is 0 Å². The summed E-state index contributed by atoms with van der Waals surface area (Å²) in [5.41, 5.74) is 0.216. The minimum atomic E-state index is 0.174. The van der Waals surface area contributed by atoms with E-state index in [2.05, 4.69) is 5.32 Å². The Labute approximate surface area is 109 Å². The molecule has 18 heavy (non-hydrogen) atoms. The van der Waals surface area contributed by atoms with E-state index in [1.165, 1.54) is 19.3 Å². The fourth-order valence-electron chi connectivity index (χ4n) is 2.94. The second kappa shape index (κ2) is 6.53. The van der Waals surface area contributed by atoms with E-state index >= 15 is 0 Å². The number of carbonyl (C=O) groups is 1. The number of rotatable bonds is 6. The molecule has 1 unspecified atom stereocenters. The lowest BCUT2D eigenvalue weighted by Gasteiger charge is -2.41. The van der Waals surface area contributed by atoms with Crippen LogP contribution < -0.4 is 5.32 Å².